The Hall–Kier alpha value is -5.31. The Balaban J connectivity index is 0.000000241. The van der Waals surface area contributed by atoms with Crippen molar-refractivity contribution in [3.05, 3.63) is 120 Å². The van der Waals surface area contributed by atoms with Crippen molar-refractivity contribution in [2.45, 2.75) is 0 Å². The van der Waals surface area contributed by atoms with Gasteiger partial charge in [-0.1, -0.05) is 24.3 Å². The Kier molecular flexibility index (Phi) is 9.42. The molecule has 4 aromatic rings. The zero-order valence-electron chi connectivity index (χ0n) is 20.8. The van der Waals surface area contributed by atoms with Gasteiger partial charge in [0, 0.05) is 50.3 Å². The Morgan fingerprint density at radius 3 is 1.34 bits per heavy atom. The summed E-state index contributed by atoms with van der Waals surface area (Å²) in [7, 11) is 3.03. The SMILES string of the molecule is C(=C\c1ccncc1)/c1ccncc1.CN(C(=O)N(C)c1cccc(C(=O)O)c1)c1cccc(C(=O)O)c1. The quantitative estimate of drug-likeness (QED) is 0.355. The lowest BCUT2D eigenvalue weighted by atomic mass is 10.2. The highest BCUT2D eigenvalue weighted by Crippen LogP contribution is 2.20. The minimum Gasteiger partial charge on any atom is -0.478 e. The van der Waals surface area contributed by atoms with Crippen LogP contribution in [0.2, 0.25) is 0 Å². The predicted octanol–water partition coefficient (Wildman–Crippen LogP) is 5.42. The molecule has 0 fully saturated rings. The fraction of sp³-hybridized carbons (Fsp3) is 0.0690. The number of benzene rings is 2. The molecule has 0 radical (unpaired) electrons. The standard InChI is InChI=1S/C17H16N2O5.C12H10N2/c1-18(13-7-3-5-11(9-13)15(20)21)17(24)19(2)14-8-4-6-12(10-14)16(22)23;1(11-3-7-13-8-4-11)2-12-5-9-14-10-6-12/h3-10H,1-2H3,(H,20,21)(H,22,23);1-10H/b;2-1+. The molecule has 4 rings (SSSR count). The van der Waals surface area contributed by atoms with E-state index in [-0.39, 0.29) is 11.1 Å². The van der Waals surface area contributed by atoms with Gasteiger partial charge in [0.2, 0.25) is 0 Å². The molecule has 2 aromatic carbocycles. The first-order valence-electron chi connectivity index (χ1n) is 11.4. The monoisotopic (exact) mass is 510 g/mol. The summed E-state index contributed by atoms with van der Waals surface area (Å²) in [5.74, 6) is -2.17. The van der Waals surface area contributed by atoms with Crippen LogP contribution < -0.4 is 9.80 Å². The second-order valence-electron chi connectivity index (χ2n) is 8.01. The zero-order chi connectivity index (χ0) is 27.5. The number of amides is 2. The number of urea groups is 1. The Morgan fingerprint density at radius 1 is 0.632 bits per heavy atom. The van der Waals surface area contributed by atoms with Crippen LogP contribution in [0.15, 0.2) is 97.6 Å². The summed E-state index contributed by atoms with van der Waals surface area (Å²) in [5.41, 5.74) is 3.28. The first-order chi connectivity index (χ1) is 18.3. The van der Waals surface area contributed by atoms with Crippen LogP contribution in [0.4, 0.5) is 16.2 Å². The fourth-order valence-electron chi connectivity index (χ4n) is 3.28. The lowest BCUT2D eigenvalue weighted by molar-refractivity contribution is 0.0686. The van der Waals surface area contributed by atoms with E-state index in [1.165, 1.54) is 48.2 Å². The molecule has 9 nitrogen and oxygen atoms in total. The van der Waals surface area contributed by atoms with Gasteiger partial charge in [0.25, 0.3) is 0 Å². The molecule has 0 aliphatic heterocycles. The third kappa shape index (κ3) is 7.59. The first kappa shape index (κ1) is 27.3. The maximum Gasteiger partial charge on any atom is 0.335 e. The van der Waals surface area contributed by atoms with E-state index in [1.54, 1.807) is 49.1 Å². The van der Waals surface area contributed by atoms with Crippen molar-refractivity contribution in [3.63, 3.8) is 0 Å². The molecule has 2 heterocycles. The molecule has 2 N–H and O–H groups in total. The molecule has 0 unspecified atom stereocenters. The van der Waals surface area contributed by atoms with E-state index >= 15 is 0 Å². The van der Waals surface area contributed by atoms with E-state index < -0.39 is 18.0 Å². The number of pyridine rings is 2. The van der Waals surface area contributed by atoms with Crippen LogP contribution in [0.5, 0.6) is 0 Å². The van der Waals surface area contributed by atoms with Crippen molar-refractivity contribution in [3.8, 4) is 0 Å². The molecule has 0 aliphatic carbocycles. The van der Waals surface area contributed by atoms with Crippen molar-refractivity contribution in [1.29, 1.82) is 0 Å². The van der Waals surface area contributed by atoms with Gasteiger partial charge in [0.1, 0.15) is 0 Å². The van der Waals surface area contributed by atoms with Crippen LogP contribution in [0.3, 0.4) is 0 Å². The largest absolute Gasteiger partial charge is 0.478 e. The summed E-state index contributed by atoms with van der Waals surface area (Å²) in [6.07, 6.45) is 11.2. The Labute approximate surface area is 220 Å². The normalized spacial score (nSPS) is 10.3. The van der Waals surface area contributed by atoms with Gasteiger partial charge in [-0.15, -0.1) is 0 Å². The molecule has 9 heteroatoms. The number of hydrogen-bond acceptors (Lipinski definition) is 5. The maximum atomic E-state index is 12.6. The number of anilines is 2. The molecule has 0 atom stereocenters. The van der Waals surface area contributed by atoms with Gasteiger partial charge in [-0.3, -0.25) is 19.8 Å². The number of carbonyl (C=O) groups excluding carboxylic acids is 1. The number of aromatic carboxylic acids is 2. The van der Waals surface area contributed by atoms with Gasteiger partial charge < -0.3 is 10.2 Å². The molecule has 38 heavy (non-hydrogen) atoms. The lowest BCUT2D eigenvalue weighted by Crippen LogP contribution is -2.39. The van der Waals surface area contributed by atoms with Gasteiger partial charge in [-0.25, -0.2) is 14.4 Å². The van der Waals surface area contributed by atoms with E-state index in [0.29, 0.717) is 11.4 Å². The molecule has 0 saturated heterocycles. The molecule has 2 amide bonds. The summed E-state index contributed by atoms with van der Waals surface area (Å²) in [5, 5.41) is 18.1. The first-order valence-corrected chi connectivity index (χ1v) is 11.4. The summed E-state index contributed by atoms with van der Waals surface area (Å²) in [6, 6.07) is 19.4. The molecule has 0 bridgehead atoms. The van der Waals surface area contributed by atoms with E-state index in [9.17, 15) is 14.4 Å². The summed E-state index contributed by atoms with van der Waals surface area (Å²) >= 11 is 0. The van der Waals surface area contributed by atoms with Crippen molar-refractivity contribution in [1.82, 2.24) is 9.97 Å². The highest BCUT2D eigenvalue weighted by Gasteiger charge is 2.19. The predicted molar refractivity (Wildman–Crippen MR) is 146 cm³/mol. The third-order valence-electron chi connectivity index (χ3n) is 5.42. The van der Waals surface area contributed by atoms with Crippen LogP contribution in [-0.4, -0.2) is 52.2 Å². The van der Waals surface area contributed by atoms with Crippen molar-refractivity contribution >= 4 is 41.5 Å². The fourth-order valence-corrected chi connectivity index (χ4v) is 3.28. The van der Waals surface area contributed by atoms with Gasteiger partial charge in [0.05, 0.1) is 11.1 Å². The topological polar surface area (TPSA) is 124 Å². The summed E-state index contributed by atoms with van der Waals surface area (Å²) in [6.45, 7) is 0. The van der Waals surface area contributed by atoms with E-state index in [1.807, 2.05) is 24.3 Å². The van der Waals surface area contributed by atoms with Crippen LogP contribution in [0.25, 0.3) is 12.2 Å². The minimum absolute atomic E-state index is 0.0719. The molecular weight excluding hydrogens is 484 g/mol. The number of aromatic nitrogens is 2. The lowest BCUT2D eigenvalue weighted by Gasteiger charge is -2.25. The Bertz CT molecular complexity index is 1320. The highest BCUT2D eigenvalue weighted by atomic mass is 16.4. The van der Waals surface area contributed by atoms with Crippen LogP contribution in [0.1, 0.15) is 31.8 Å². The maximum absolute atomic E-state index is 12.6. The molecule has 2 aromatic heterocycles. The van der Waals surface area contributed by atoms with Crippen molar-refractivity contribution in [2.75, 3.05) is 23.9 Å². The summed E-state index contributed by atoms with van der Waals surface area (Å²) < 4.78 is 0. The number of carbonyl (C=O) groups is 3. The molecule has 192 valence electrons. The number of carboxylic acids is 2. The minimum atomic E-state index is -1.08. The number of hydrogen-bond donors (Lipinski definition) is 2. The van der Waals surface area contributed by atoms with Crippen molar-refractivity contribution < 1.29 is 24.6 Å². The van der Waals surface area contributed by atoms with Crippen LogP contribution in [-0.2, 0) is 0 Å². The zero-order valence-corrected chi connectivity index (χ0v) is 20.8. The second kappa shape index (κ2) is 13.1. The molecule has 0 aliphatic rings. The Morgan fingerprint density at radius 2 is 1.00 bits per heavy atom. The highest BCUT2D eigenvalue weighted by molar-refractivity contribution is 6.04. The number of rotatable bonds is 6. The number of carboxylic acid groups (broad SMARTS) is 2. The van der Waals surface area contributed by atoms with Crippen LogP contribution >= 0.6 is 0 Å². The summed E-state index contributed by atoms with van der Waals surface area (Å²) in [4.78, 5) is 45.1. The van der Waals surface area contributed by atoms with E-state index in [0.717, 1.165) is 11.1 Å². The number of nitrogens with zero attached hydrogens (tertiary/aromatic N) is 4. The van der Waals surface area contributed by atoms with E-state index in [4.69, 9.17) is 10.2 Å². The average Bonchev–Trinajstić information content (AvgIpc) is 2.96. The third-order valence-corrected chi connectivity index (χ3v) is 5.42. The van der Waals surface area contributed by atoms with Gasteiger partial charge in [0.15, 0.2) is 0 Å². The van der Waals surface area contributed by atoms with Gasteiger partial charge >= 0.3 is 18.0 Å². The molecular formula is C29H26N4O5. The second-order valence-corrected chi connectivity index (χ2v) is 8.01. The van der Waals surface area contributed by atoms with Crippen molar-refractivity contribution in [2.24, 2.45) is 0 Å². The van der Waals surface area contributed by atoms with Gasteiger partial charge in [-0.05, 0) is 71.8 Å². The smallest absolute Gasteiger partial charge is 0.335 e. The molecule has 0 saturated carbocycles. The van der Waals surface area contributed by atoms with E-state index in [2.05, 4.69) is 22.1 Å². The average molecular weight is 511 g/mol. The van der Waals surface area contributed by atoms with Crippen LogP contribution in [0, 0.1) is 0 Å². The molecule has 0 spiro atoms. The van der Waals surface area contributed by atoms with Gasteiger partial charge in [-0.2, -0.15) is 0 Å².